The van der Waals surface area contributed by atoms with E-state index in [1.807, 2.05) is 6.08 Å². The normalized spacial score (nSPS) is 15.6. The number of allylic oxidation sites excluding steroid dienone is 1. The second-order valence-corrected chi connectivity index (χ2v) is 19.1. The molecule has 0 amide bonds. The van der Waals surface area contributed by atoms with Crippen molar-refractivity contribution in [3.8, 4) is 0 Å². The van der Waals surface area contributed by atoms with Crippen molar-refractivity contribution in [1.82, 2.24) is 0 Å². The van der Waals surface area contributed by atoms with Crippen molar-refractivity contribution < 1.29 is 67.8 Å². The van der Waals surface area contributed by atoms with Crippen molar-refractivity contribution >= 4 is 35.8 Å². The van der Waals surface area contributed by atoms with Gasteiger partial charge >= 0.3 is 35.8 Å². The van der Waals surface area contributed by atoms with Gasteiger partial charge in [-0.25, -0.2) is 28.8 Å². The van der Waals surface area contributed by atoms with Crippen molar-refractivity contribution in [2.24, 2.45) is 23.7 Å². The highest BCUT2D eigenvalue weighted by Gasteiger charge is 2.24. The molecule has 2 fully saturated rings. The van der Waals surface area contributed by atoms with Gasteiger partial charge in [0.1, 0.15) is 12.7 Å². The molecule has 3 N–H and O–H groups in total. The number of carboxylic acids is 3. The Morgan fingerprint density at radius 3 is 1.27 bits per heavy atom. The fourth-order valence-corrected chi connectivity index (χ4v) is 6.22. The van der Waals surface area contributed by atoms with Crippen LogP contribution in [0.4, 0.5) is 0 Å². The highest BCUT2D eigenvalue weighted by Crippen LogP contribution is 2.21. The topological polar surface area (TPSA) is 216 Å². The number of carbonyl (C=O) groups excluding carboxylic acids is 3. The average molecular weight is 1050 g/mol. The van der Waals surface area contributed by atoms with E-state index in [0.717, 1.165) is 64.4 Å². The number of unbranched alkanes of at least 4 members (excludes halogenated alkanes) is 4. The Hall–Kier alpha value is -4.82. The Morgan fingerprint density at radius 1 is 0.541 bits per heavy atom. The van der Waals surface area contributed by atoms with Gasteiger partial charge in [0.15, 0.2) is 0 Å². The smallest absolute Gasteiger partial charge is 0.333 e. The standard InChI is InChI=1S/2C12H22O2.2C11H20O2.2C7H10O3/c1-5-7-8-11(6-2)9-14-12(13)10(3)4;1-4-6-7-11(5-2)9-8-10(3)12(13)14;1-4-6-7-10(5-2)8-9(3)11(12)13;1-4-7-8-10(5-2)9-13-11(12)6-3;1-5(2)7(8)10-4-6-3-9-6;1-5(7(8)9)2-3-6-4-10-6/h11H,3,5-9H2,1-2,4H3;8,11H,4-7,9H2,1-3H3,(H,13,14);10H,3-8H2,1-2H3,(H,12,13);6,10H,3-5,7-9H2,1-2H3;6H,1,3-4H2,2H3;2,6H,3-4H2,1H3,(H,8,9). The first-order chi connectivity index (χ1) is 35.0. The van der Waals surface area contributed by atoms with Crippen molar-refractivity contribution in [3.63, 3.8) is 0 Å². The number of esters is 3. The number of aliphatic carboxylic acids is 3. The molecule has 2 aliphatic heterocycles. The summed E-state index contributed by atoms with van der Waals surface area (Å²) in [6.45, 7) is 40.6. The van der Waals surface area contributed by atoms with Crippen molar-refractivity contribution in [2.75, 3.05) is 33.0 Å². The van der Waals surface area contributed by atoms with Crippen LogP contribution in [0.25, 0.3) is 0 Å². The van der Waals surface area contributed by atoms with Gasteiger partial charge in [0.05, 0.1) is 32.5 Å². The fraction of sp³-hybridized carbons (Fsp3) is 0.700. The first-order valence-electron chi connectivity index (χ1n) is 27.4. The summed E-state index contributed by atoms with van der Waals surface area (Å²) in [5.41, 5.74) is 2.13. The summed E-state index contributed by atoms with van der Waals surface area (Å²) in [7, 11) is 0. The van der Waals surface area contributed by atoms with E-state index in [4.69, 9.17) is 39.0 Å². The predicted octanol–water partition coefficient (Wildman–Crippen LogP) is 14.4. The van der Waals surface area contributed by atoms with Gasteiger partial charge in [0, 0.05) is 33.9 Å². The van der Waals surface area contributed by atoms with Gasteiger partial charge in [-0.05, 0) is 83.5 Å². The molecule has 14 nitrogen and oxygen atoms in total. The minimum atomic E-state index is -0.852. The molecular weight excluding hydrogens is 945 g/mol. The van der Waals surface area contributed by atoms with Crippen LogP contribution >= 0.6 is 0 Å². The lowest BCUT2D eigenvalue weighted by molar-refractivity contribution is -0.141. The van der Waals surface area contributed by atoms with E-state index < -0.39 is 17.9 Å². The Bertz CT molecular complexity index is 1650. The van der Waals surface area contributed by atoms with Crippen molar-refractivity contribution in [1.29, 1.82) is 0 Å². The second kappa shape index (κ2) is 50.3. The van der Waals surface area contributed by atoms with E-state index in [1.54, 1.807) is 33.8 Å². The van der Waals surface area contributed by atoms with E-state index in [9.17, 15) is 28.8 Å². The third-order valence-electron chi connectivity index (χ3n) is 12.1. The van der Waals surface area contributed by atoms with E-state index in [2.05, 4.69) is 81.7 Å². The number of epoxide rings is 2. The first kappa shape index (κ1) is 75.7. The molecule has 2 saturated heterocycles. The summed E-state index contributed by atoms with van der Waals surface area (Å²) in [6.07, 6.45) is 26.1. The molecule has 2 rings (SSSR count). The molecule has 6 unspecified atom stereocenters. The van der Waals surface area contributed by atoms with Crippen LogP contribution in [-0.2, 0) is 52.5 Å². The minimum absolute atomic E-state index is 0.142. The highest BCUT2D eigenvalue weighted by atomic mass is 16.6. The number of hydrogen-bond acceptors (Lipinski definition) is 11. The van der Waals surface area contributed by atoms with Crippen LogP contribution in [0, 0.1) is 23.7 Å². The highest BCUT2D eigenvalue weighted by molar-refractivity contribution is 5.88. The molecule has 2 aliphatic rings. The van der Waals surface area contributed by atoms with E-state index in [1.165, 1.54) is 63.9 Å². The molecule has 428 valence electrons. The molecule has 0 aromatic rings. The van der Waals surface area contributed by atoms with Crippen molar-refractivity contribution in [3.05, 3.63) is 72.4 Å². The Labute approximate surface area is 448 Å². The maximum atomic E-state index is 11.1. The second-order valence-electron chi connectivity index (χ2n) is 19.1. The molecule has 0 spiro atoms. The minimum Gasteiger partial charge on any atom is -0.478 e. The fourth-order valence-electron chi connectivity index (χ4n) is 6.22. The van der Waals surface area contributed by atoms with Gasteiger partial charge in [-0.3, -0.25) is 0 Å². The molecule has 0 aliphatic carbocycles. The molecule has 0 aromatic heterocycles. The number of hydrogen-bond donors (Lipinski definition) is 3. The van der Waals surface area contributed by atoms with Crippen molar-refractivity contribution in [2.45, 2.75) is 217 Å². The maximum absolute atomic E-state index is 11.1. The number of carbonyl (C=O) groups is 6. The molecule has 2 heterocycles. The summed E-state index contributed by atoms with van der Waals surface area (Å²) in [5.74, 6) is -1.22. The zero-order chi connectivity index (χ0) is 57.4. The lowest BCUT2D eigenvalue weighted by Gasteiger charge is -2.14. The lowest BCUT2D eigenvalue weighted by atomic mass is 9.92. The molecular formula is C60H104O14. The summed E-state index contributed by atoms with van der Waals surface area (Å²) in [4.78, 5) is 63.9. The van der Waals surface area contributed by atoms with Crippen LogP contribution < -0.4 is 0 Å². The van der Waals surface area contributed by atoms with Crippen LogP contribution in [0.1, 0.15) is 205 Å². The largest absolute Gasteiger partial charge is 0.478 e. The van der Waals surface area contributed by atoms with Gasteiger partial charge in [-0.15, -0.1) is 0 Å². The Kier molecular flexibility index (Phi) is 51.5. The van der Waals surface area contributed by atoms with Gasteiger partial charge in [0.2, 0.25) is 0 Å². The first-order valence-corrected chi connectivity index (χ1v) is 27.4. The summed E-state index contributed by atoms with van der Waals surface area (Å²) >= 11 is 0. The summed E-state index contributed by atoms with van der Waals surface area (Å²) in [5, 5.41) is 25.7. The van der Waals surface area contributed by atoms with Crippen LogP contribution in [0.3, 0.4) is 0 Å². The van der Waals surface area contributed by atoms with E-state index in [-0.39, 0.29) is 30.1 Å². The van der Waals surface area contributed by atoms with Crippen LogP contribution in [-0.4, -0.2) is 96.4 Å². The summed E-state index contributed by atoms with van der Waals surface area (Å²) < 4.78 is 24.6. The van der Waals surface area contributed by atoms with Gasteiger partial charge in [0.25, 0.3) is 0 Å². The SMILES string of the molecule is C=C(C)C(=O)OCC(CC)CCCC.C=C(C)C(=O)OCC1CO1.C=C(CC(CC)CCCC)C(=O)O.C=CC(=O)OCC(CC)CCCC.CC(=CCC1CO1)C(=O)O.CCCCC(CC)CC=C(C)C(=O)O. The number of ether oxygens (including phenoxy) is 5. The Balaban J connectivity index is -0.000000399. The number of rotatable bonds is 34. The van der Waals surface area contributed by atoms with Crippen LogP contribution in [0.5, 0.6) is 0 Å². The zero-order valence-electron chi connectivity index (χ0n) is 48.3. The average Bonchev–Trinajstić information content (AvgIpc) is 4.34. The predicted molar refractivity (Wildman–Crippen MR) is 299 cm³/mol. The molecule has 74 heavy (non-hydrogen) atoms. The quantitative estimate of drug-likeness (QED) is 0.0237. The molecule has 0 radical (unpaired) electrons. The Morgan fingerprint density at radius 2 is 0.919 bits per heavy atom. The van der Waals surface area contributed by atoms with Crippen LogP contribution in [0.2, 0.25) is 0 Å². The van der Waals surface area contributed by atoms with E-state index in [0.29, 0.717) is 84.4 Å². The molecule has 0 saturated carbocycles. The monoisotopic (exact) mass is 1050 g/mol. The lowest BCUT2D eigenvalue weighted by Crippen LogP contribution is -2.14. The maximum Gasteiger partial charge on any atom is 0.333 e. The third kappa shape index (κ3) is 50.7. The van der Waals surface area contributed by atoms with Gasteiger partial charge in [-0.2, -0.15) is 0 Å². The molecule has 6 atom stereocenters. The van der Waals surface area contributed by atoms with Crippen LogP contribution in [0.15, 0.2) is 72.4 Å². The summed E-state index contributed by atoms with van der Waals surface area (Å²) in [6, 6.07) is 0. The molecule has 0 aromatic carbocycles. The van der Waals surface area contributed by atoms with Gasteiger partial charge < -0.3 is 39.0 Å². The zero-order valence-corrected chi connectivity index (χ0v) is 48.3. The van der Waals surface area contributed by atoms with E-state index >= 15 is 0 Å². The molecule has 14 heteroatoms. The number of carboxylic acid groups (broad SMARTS) is 3. The van der Waals surface area contributed by atoms with Gasteiger partial charge in [-0.1, -0.05) is 184 Å². The molecule has 0 bridgehead atoms. The third-order valence-corrected chi connectivity index (χ3v) is 12.1.